The number of carbonyl (C=O) groups excluding carboxylic acids is 2. The van der Waals surface area contributed by atoms with Crippen molar-refractivity contribution in [2.24, 2.45) is 17.8 Å². The molecule has 0 saturated heterocycles. The van der Waals surface area contributed by atoms with Crippen molar-refractivity contribution in [1.82, 2.24) is 5.32 Å². The van der Waals surface area contributed by atoms with E-state index in [1.54, 1.807) is 20.8 Å². The quantitative estimate of drug-likeness (QED) is 0.529. The first kappa shape index (κ1) is 22.6. The number of fused-ring (bicyclic) bond motifs is 2. The van der Waals surface area contributed by atoms with Crippen molar-refractivity contribution in [1.29, 1.82) is 0 Å². The highest BCUT2D eigenvalue weighted by Gasteiger charge is 2.65. The number of benzene rings is 1. The number of anilines is 1. The number of rotatable bonds is 4. The van der Waals surface area contributed by atoms with E-state index in [-0.39, 0.29) is 29.7 Å². The maximum absolute atomic E-state index is 13.1. The SMILES string of the molecule is CC(C)(C)OC(=O)NC1[C@H]2CC[C@H](C2)[C@@H]1C(=O)Nc1cccc(S(F)(F)(F)(F)F)c1. The first-order valence-electron chi connectivity index (χ1n) is 9.57. The molecule has 2 amide bonds. The largest absolute Gasteiger partial charge is 0.444 e. The van der Waals surface area contributed by atoms with Gasteiger partial charge in [-0.05, 0) is 70.1 Å². The predicted molar refractivity (Wildman–Crippen MR) is 104 cm³/mol. The lowest BCUT2D eigenvalue weighted by Gasteiger charge is -2.40. The van der Waals surface area contributed by atoms with Gasteiger partial charge in [0.25, 0.3) is 0 Å². The topological polar surface area (TPSA) is 67.4 Å². The van der Waals surface area contributed by atoms with Gasteiger partial charge in [0.2, 0.25) is 5.91 Å². The van der Waals surface area contributed by atoms with Gasteiger partial charge in [-0.3, -0.25) is 4.79 Å². The Labute approximate surface area is 171 Å². The molecule has 1 aromatic rings. The Bertz CT molecular complexity index is 870. The van der Waals surface area contributed by atoms with Gasteiger partial charge in [0, 0.05) is 11.7 Å². The van der Waals surface area contributed by atoms with E-state index in [2.05, 4.69) is 10.6 Å². The number of hydrogen-bond acceptors (Lipinski definition) is 3. The van der Waals surface area contributed by atoms with Crippen LogP contribution in [0.25, 0.3) is 0 Å². The van der Waals surface area contributed by atoms with E-state index in [0.717, 1.165) is 25.0 Å². The maximum Gasteiger partial charge on any atom is 0.407 e. The fraction of sp³-hybridized carbons (Fsp3) is 0.579. The van der Waals surface area contributed by atoms with Crippen LogP contribution in [0.5, 0.6) is 0 Å². The second kappa shape index (κ2) is 6.48. The fourth-order valence-corrected chi connectivity index (χ4v) is 5.04. The van der Waals surface area contributed by atoms with Crippen molar-refractivity contribution in [3.63, 3.8) is 0 Å². The zero-order valence-electron chi connectivity index (χ0n) is 16.8. The highest BCUT2D eigenvalue weighted by atomic mass is 32.5. The van der Waals surface area contributed by atoms with Crippen LogP contribution >= 0.6 is 10.2 Å². The molecule has 2 bridgehead atoms. The average Bonchev–Trinajstić information content (AvgIpc) is 3.12. The second-order valence-corrected chi connectivity index (χ2v) is 11.4. The number of nitrogens with one attached hydrogen (secondary N) is 2. The van der Waals surface area contributed by atoms with E-state index in [9.17, 15) is 29.0 Å². The molecule has 11 heteroatoms. The van der Waals surface area contributed by atoms with Crippen molar-refractivity contribution in [3.05, 3.63) is 24.3 Å². The summed E-state index contributed by atoms with van der Waals surface area (Å²) in [6.45, 7) is 5.09. The molecular formula is C19H25F5N2O3S. The number of amides is 2. The summed E-state index contributed by atoms with van der Waals surface area (Å²) in [5, 5.41) is 5.04. The molecule has 2 N–H and O–H groups in total. The summed E-state index contributed by atoms with van der Waals surface area (Å²) in [6, 6.07) is 1.93. The molecule has 2 fully saturated rings. The molecule has 0 radical (unpaired) electrons. The lowest BCUT2D eigenvalue weighted by molar-refractivity contribution is -0.122. The van der Waals surface area contributed by atoms with E-state index in [1.807, 2.05) is 0 Å². The van der Waals surface area contributed by atoms with Crippen LogP contribution in [-0.2, 0) is 9.53 Å². The standard InChI is InChI=1S/C19H25F5N2O3S/c1-19(2,3)29-18(28)26-16-12-8-7-11(9-12)15(16)17(27)25-13-5-4-6-14(10-13)30(20,21,22,23)24/h4-6,10-12,15-16H,7-9H2,1-3H3,(H,25,27)(H,26,28)/t11-,12+,15+,16?/m1/s1. The van der Waals surface area contributed by atoms with Crippen LogP contribution in [0.1, 0.15) is 40.0 Å². The molecule has 0 aliphatic heterocycles. The number of carbonyl (C=O) groups is 2. The molecule has 5 nitrogen and oxygen atoms in total. The van der Waals surface area contributed by atoms with Gasteiger partial charge in [-0.2, -0.15) is 0 Å². The van der Waals surface area contributed by atoms with E-state index in [4.69, 9.17) is 4.74 Å². The molecule has 3 rings (SSSR count). The predicted octanol–water partition coefficient (Wildman–Crippen LogP) is 6.22. The zero-order valence-corrected chi connectivity index (χ0v) is 17.6. The van der Waals surface area contributed by atoms with Crippen LogP contribution in [0, 0.1) is 17.8 Å². The van der Waals surface area contributed by atoms with E-state index in [0.29, 0.717) is 6.42 Å². The molecule has 170 valence electrons. The summed E-state index contributed by atoms with van der Waals surface area (Å²) < 4.78 is 70.5. The average molecular weight is 456 g/mol. The van der Waals surface area contributed by atoms with E-state index < -0.39 is 44.7 Å². The second-order valence-electron chi connectivity index (χ2n) is 9.02. The molecule has 2 saturated carbocycles. The lowest BCUT2D eigenvalue weighted by Crippen LogP contribution is -2.49. The summed E-state index contributed by atoms with van der Waals surface area (Å²) in [7, 11) is -9.86. The Kier molecular flexibility index (Phi) is 4.89. The molecule has 4 atom stereocenters. The summed E-state index contributed by atoms with van der Waals surface area (Å²) >= 11 is 0. The molecule has 2 aliphatic carbocycles. The number of halogens is 5. The summed E-state index contributed by atoms with van der Waals surface area (Å²) in [5.41, 5.74) is -1.10. The van der Waals surface area contributed by atoms with Gasteiger partial charge in [0.05, 0.1) is 5.92 Å². The third-order valence-corrected chi connectivity index (χ3v) is 6.59. The molecule has 1 unspecified atom stereocenters. The highest BCUT2D eigenvalue weighted by Crippen LogP contribution is 3.02. The van der Waals surface area contributed by atoms with E-state index in [1.165, 1.54) is 0 Å². The fourth-order valence-electron chi connectivity index (χ4n) is 4.36. The molecule has 0 aromatic heterocycles. The van der Waals surface area contributed by atoms with Crippen LogP contribution in [0.2, 0.25) is 0 Å². The summed E-state index contributed by atoms with van der Waals surface area (Å²) in [6.07, 6.45) is 1.58. The third kappa shape index (κ3) is 5.16. The van der Waals surface area contributed by atoms with Gasteiger partial charge in [0.15, 0.2) is 0 Å². The maximum atomic E-state index is 13.1. The first-order valence-corrected chi connectivity index (χ1v) is 11.5. The normalized spacial score (nSPS) is 28.4. The minimum atomic E-state index is -9.86. The van der Waals surface area contributed by atoms with Crippen molar-refractivity contribution >= 4 is 27.9 Å². The lowest BCUT2D eigenvalue weighted by atomic mass is 9.83. The Morgan fingerprint density at radius 2 is 1.70 bits per heavy atom. The Morgan fingerprint density at radius 1 is 1.07 bits per heavy atom. The zero-order chi connectivity index (χ0) is 22.6. The smallest absolute Gasteiger partial charge is 0.407 e. The summed E-state index contributed by atoms with van der Waals surface area (Å²) in [4.78, 5) is 22.9. The third-order valence-electron chi connectivity index (χ3n) is 5.45. The van der Waals surface area contributed by atoms with Crippen molar-refractivity contribution in [2.45, 2.75) is 56.6 Å². The minimum Gasteiger partial charge on any atom is -0.444 e. The minimum absolute atomic E-state index is 0.0475. The van der Waals surface area contributed by atoms with Gasteiger partial charge < -0.3 is 15.4 Å². The van der Waals surface area contributed by atoms with Gasteiger partial charge in [-0.15, -0.1) is 0 Å². The van der Waals surface area contributed by atoms with Crippen LogP contribution in [-0.4, -0.2) is 23.6 Å². The number of alkyl carbamates (subject to hydrolysis) is 1. The molecule has 2 aliphatic rings. The molecule has 1 aromatic carbocycles. The number of ether oxygens (including phenoxy) is 1. The Morgan fingerprint density at radius 3 is 2.30 bits per heavy atom. The Hall–Kier alpha value is -2.04. The molecule has 0 heterocycles. The monoisotopic (exact) mass is 456 g/mol. The van der Waals surface area contributed by atoms with Crippen LogP contribution in [0.3, 0.4) is 0 Å². The van der Waals surface area contributed by atoms with Gasteiger partial charge in [-0.25, -0.2) is 4.79 Å². The van der Waals surface area contributed by atoms with Crippen LogP contribution < -0.4 is 10.6 Å². The van der Waals surface area contributed by atoms with Crippen molar-refractivity contribution < 1.29 is 33.8 Å². The summed E-state index contributed by atoms with van der Waals surface area (Å²) in [5.74, 6) is -1.29. The van der Waals surface area contributed by atoms with Crippen LogP contribution in [0.4, 0.5) is 29.9 Å². The van der Waals surface area contributed by atoms with Crippen molar-refractivity contribution in [3.8, 4) is 0 Å². The van der Waals surface area contributed by atoms with Crippen LogP contribution in [0.15, 0.2) is 29.2 Å². The van der Waals surface area contributed by atoms with Gasteiger partial charge >= 0.3 is 16.3 Å². The molecule has 30 heavy (non-hydrogen) atoms. The van der Waals surface area contributed by atoms with Gasteiger partial charge in [-0.1, -0.05) is 25.5 Å². The Balaban J connectivity index is 1.77. The van der Waals surface area contributed by atoms with E-state index >= 15 is 0 Å². The molecular weight excluding hydrogens is 431 g/mol. The highest BCUT2D eigenvalue weighted by molar-refractivity contribution is 8.45. The number of hydrogen-bond donors (Lipinski definition) is 2. The first-order chi connectivity index (χ1) is 13.4. The van der Waals surface area contributed by atoms with Crippen molar-refractivity contribution in [2.75, 3.05) is 5.32 Å². The molecule has 0 spiro atoms. The van der Waals surface area contributed by atoms with Gasteiger partial charge in [0.1, 0.15) is 10.5 Å².